The van der Waals surface area contributed by atoms with Crippen molar-refractivity contribution >= 4 is 17.7 Å². The Morgan fingerprint density at radius 1 is 1.32 bits per heavy atom. The van der Waals surface area contributed by atoms with E-state index in [4.69, 9.17) is 0 Å². The van der Waals surface area contributed by atoms with E-state index in [0.29, 0.717) is 35.2 Å². The number of piperidine rings is 1. The summed E-state index contributed by atoms with van der Waals surface area (Å²) in [7, 11) is 1.92. The molecule has 1 aromatic rings. The fourth-order valence-corrected chi connectivity index (χ4v) is 4.41. The largest absolute Gasteiger partial charge is 0.343 e. The van der Waals surface area contributed by atoms with Gasteiger partial charge in [-0.1, -0.05) is 12.1 Å². The highest BCUT2D eigenvalue weighted by atomic mass is 32.2. The van der Waals surface area contributed by atoms with E-state index in [0.717, 1.165) is 12.8 Å². The van der Waals surface area contributed by atoms with Crippen molar-refractivity contribution in [2.24, 2.45) is 0 Å². The van der Waals surface area contributed by atoms with Crippen molar-refractivity contribution in [3.63, 3.8) is 0 Å². The van der Waals surface area contributed by atoms with Gasteiger partial charge in [0.15, 0.2) is 0 Å². The molecular weight excluding hydrogens is 299 g/mol. The van der Waals surface area contributed by atoms with Gasteiger partial charge in [0.25, 0.3) is 0 Å². The molecule has 1 aromatic carbocycles. The standard InChI is InChI=1S/C17H23FN2OS/c1-20(14-10-12-6-7-13(11-14)19-12)17(21)8-9-22-16-5-3-2-4-15(16)18/h2-5,12-14,19H,6-11H2,1H3. The summed E-state index contributed by atoms with van der Waals surface area (Å²) in [4.78, 5) is 14.9. The van der Waals surface area contributed by atoms with Crippen LogP contribution in [-0.2, 0) is 4.79 Å². The SMILES string of the molecule is CN(C(=O)CCSc1ccccc1F)C1CC2CCC(C1)N2. The Morgan fingerprint density at radius 3 is 2.68 bits per heavy atom. The summed E-state index contributed by atoms with van der Waals surface area (Å²) in [6.07, 6.45) is 5.09. The number of carbonyl (C=O) groups is 1. The summed E-state index contributed by atoms with van der Waals surface area (Å²) in [6.45, 7) is 0. The van der Waals surface area contributed by atoms with E-state index in [9.17, 15) is 9.18 Å². The van der Waals surface area contributed by atoms with Crippen LogP contribution in [0.15, 0.2) is 29.2 Å². The number of nitrogens with one attached hydrogen (secondary N) is 1. The van der Waals surface area contributed by atoms with E-state index < -0.39 is 0 Å². The molecule has 0 aromatic heterocycles. The van der Waals surface area contributed by atoms with Gasteiger partial charge in [-0.05, 0) is 37.8 Å². The number of rotatable bonds is 5. The lowest BCUT2D eigenvalue weighted by Crippen LogP contribution is -2.48. The highest BCUT2D eigenvalue weighted by Crippen LogP contribution is 2.29. The van der Waals surface area contributed by atoms with E-state index in [-0.39, 0.29) is 11.7 Å². The maximum absolute atomic E-state index is 13.5. The number of carbonyl (C=O) groups excluding carboxylic acids is 1. The van der Waals surface area contributed by atoms with Gasteiger partial charge in [-0.2, -0.15) is 0 Å². The van der Waals surface area contributed by atoms with Gasteiger partial charge in [-0.25, -0.2) is 4.39 Å². The summed E-state index contributed by atoms with van der Waals surface area (Å²) in [5, 5.41) is 3.60. The third-order valence-corrected chi connectivity index (χ3v) is 5.85. The summed E-state index contributed by atoms with van der Waals surface area (Å²) in [6, 6.07) is 8.27. The molecule has 2 aliphatic heterocycles. The molecule has 2 bridgehead atoms. The van der Waals surface area contributed by atoms with Crippen LogP contribution in [0, 0.1) is 5.82 Å². The average Bonchev–Trinajstić information content (AvgIpc) is 2.86. The highest BCUT2D eigenvalue weighted by molar-refractivity contribution is 7.99. The van der Waals surface area contributed by atoms with Gasteiger partial charge in [0, 0.05) is 42.2 Å². The van der Waals surface area contributed by atoms with Gasteiger partial charge in [0.05, 0.1) is 0 Å². The zero-order valence-corrected chi connectivity index (χ0v) is 13.7. The minimum Gasteiger partial charge on any atom is -0.343 e. The Morgan fingerprint density at radius 2 is 2.00 bits per heavy atom. The summed E-state index contributed by atoms with van der Waals surface area (Å²) < 4.78 is 13.5. The number of hydrogen-bond donors (Lipinski definition) is 1. The molecule has 0 saturated carbocycles. The van der Waals surface area contributed by atoms with Crippen LogP contribution in [0.25, 0.3) is 0 Å². The van der Waals surface area contributed by atoms with Crippen molar-refractivity contribution < 1.29 is 9.18 Å². The van der Waals surface area contributed by atoms with Crippen LogP contribution in [0.4, 0.5) is 4.39 Å². The van der Waals surface area contributed by atoms with Gasteiger partial charge in [0.1, 0.15) is 5.82 Å². The lowest BCUT2D eigenvalue weighted by molar-refractivity contribution is -0.132. The first-order chi connectivity index (χ1) is 10.6. The fourth-order valence-electron chi connectivity index (χ4n) is 3.53. The highest BCUT2D eigenvalue weighted by Gasteiger charge is 2.36. The molecule has 3 nitrogen and oxygen atoms in total. The first-order valence-electron chi connectivity index (χ1n) is 8.02. The molecule has 5 heteroatoms. The van der Waals surface area contributed by atoms with Crippen LogP contribution >= 0.6 is 11.8 Å². The van der Waals surface area contributed by atoms with Gasteiger partial charge >= 0.3 is 0 Å². The normalized spacial score (nSPS) is 26.9. The predicted molar refractivity (Wildman–Crippen MR) is 87.5 cm³/mol. The first-order valence-corrected chi connectivity index (χ1v) is 9.01. The second-order valence-electron chi connectivity index (χ2n) is 6.30. The lowest BCUT2D eigenvalue weighted by atomic mass is 9.98. The molecule has 3 rings (SSSR count). The van der Waals surface area contributed by atoms with Crippen molar-refractivity contribution in [1.29, 1.82) is 0 Å². The van der Waals surface area contributed by atoms with Crippen molar-refractivity contribution in [3.05, 3.63) is 30.1 Å². The number of benzene rings is 1. The molecule has 1 amide bonds. The Labute approximate surface area is 135 Å². The first kappa shape index (κ1) is 15.8. The smallest absolute Gasteiger partial charge is 0.223 e. The molecule has 0 aliphatic carbocycles. The predicted octanol–water partition coefficient (Wildman–Crippen LogP) is 3.05. The maximum Gasteiger partial charge on any atom is 0.223 e. The fraction of sp³-hybridized carbons (Fsp3) is 0.588. The Kier molecular flexibility index (Phi) is 5.03. The molecule has 0 spiro atoms. The summed E-state index contributed by atoms with van der Waals surface area (Å²) in [5.74, 6) is 0.598. The van der Waals surface area contributed by atoms with Gasteiger partial charge < -0.3 is 10.2 Å². The molecule has 2 saturated heterocycles. The summed E-state index contributed by atoms with van der Waals surface area (Å²) in [5.41, 5.74) is 0. The van der Waals surface area contributed by atoms with Gasteiger partial charge in [0.2, 0.25) is 5.91 Å². The number of nitrogens with zero attached hydrogens (tertiary/aromatic N) is 1. The van der Waals surface area contributed by atoms with E-state index in [1.807, 2.05) is 18.0 Å². The lowest BCUT2D eigenvalue weighted by Gasteiger charge is -2.35. The van der Waals surface area contributed by atoms with E-state index in [2.05, 4.69) is 5.32 Å². The monoisotopic (exact) mass is 322 g/mol. The molecule has 120 valence electrons. The molecule has 2 atom stereocenters. The number of fused-ring (bicyclic) bond motifs is 2. The van der Waals surface area contributed by atoms with Crippen LogP contribution in [0.5, 0.6) is 0 Å². The number of thioether (sulfide) groups is 1. The molecular formula is C17H23FN2OS. The minimum atomic E-state index is -0.205. The second kappa shape index (κ2) is 7.01. The Bertz CT molecular complexity index is 527. The van der Waals surface area contributed by atoms with Crippen molar-refractivity contribution in [1.82, 2.24) is 10.2 Å². The van der Waals surface area contributed by atoms with Gasteiger partial charge in [-0.3, -0.25) is 4.79 Å². The molecule has 22 heavy (non-hydrogen) atoms. The van der Waals surface area contributed by atoms with E-state index in [1.54, 1.807) is 12.1 Å². The number of amides is 1. The Hall–Kier alpha value is -1.07. The molecule has 1 N–H and O–H groups in total. The topological polar surface area (TPSA) is 32.3 Å². The second-order valence-corrected chi connectivity index (χ2v) is 7.43. The van der Waals surface area contributed by atoms with E-state index >= 15 is 0 Å². The zero-order chi connectivity index (χ0) is 15.5. The third kappa shape index (κ3) is 3.63. The van der Waals surface area contributed by atoms with Crippen molar-refractivity contribution in [2.45, 2.75) is 55.1 Å². The molecule has 2 unspecified atom stereocenters. The molecule has 2 aliphatic rings. The number of halogens is 1. The maximum atomic E-state index is 13.5. The van der Waals surface area contributed by atoms with E-state index in [1.165, 1.54) is 30.7 Å². The molecule has 0 radical (unpaired) electrons. The zero-order valence-electron chi connectivity index (χ0n) is 12.9. The number of hydrogen-bond acceptors (Lipinski definition) is 3. The van der Waals surface area contributed by atoms with Gasteiger partial charge in [-0.15, -0.1) is 11.8 Å². The van der Waals surface area contributed by atoms with Crippen LogP contribution in [0.1, 0.15) is 32.1 Å². The van der Waals surface area contributed by atoms with Crippen LogP contribution in [0.3, 0.4) is 0 Å². The average molecular weight is 322 g/mol. The molecule has 2 fully saturated rings. The third-order valence-electron chi connectivity index (χ3n) is 4.80. The van der Waals surface area contributed by atoms with Crippen LogP contribution in [-0.4, -0.2) is 41.7 Å². The molecule has 2 heterocycles. The quantitative estimate of drug-likeness (QED) is 0.846. The van der Waals surface area contributed by atoms with Crippen LogP contribution in [0.2, 0.25) is 0 Å². The summed E-state index contributed by atoms with van der Waals surface area (Å²) >= 11 is 1.42. The van der Waals surface area contributed by atoms with Crippen molar-refractivity contribution in [2.75, 3.05) is 12.8 Å². The Balaban J connectivity index is 1.46. The minimum absolute atomic E-state index is 0.176. The van der Waals surface area contributed by atoms with Crippen LogP contribution < -0.4 is 5.32 Å². The van der Waals surface area contributed by atoms with Crippen molar-refractivity contribution in [3.8, 4) is 0 Å².